The van der Waals surface area contributed by atoms with Crippen molar-refractivity contribution in [1.82, 2.24) is 29.4 Å². The summed E-state index contributed by atoms with van der Waals surface area (Å²) in [6, 6.07) is 1.71. The van der Waals surface area contributed by atoms with Crippen LogP contribution in [0.25, 0.3) is 11.2 Å². The van der Waals surface area contributed by atoms with Gasteiger partial charge in [0.1, 0.15) is 17.4 Å². The van der Waals surface area contributed by atoms with E-state index in [2.05, 4.69) is 20.3 Å². The number of amides is 1. The fourth-order valence-electron chi connectivity index (χ4n) is 3.52. The Hall–Kier alpha value is -2.74. The van der Waals surface area contributed by atoms with Crippen molar-refractivity contribution in [3.63, 3.8) is 0 Å². The third kappa shape index (κ3) is 2.96. The molecular weight excluding hydrogens is 332 g/mol. The summed E-state index contributed by atoms with van der Waals surface area (Å²) in [7, 11) is 3.82. The summed E-state index contributed by atoms with van der Waals surface area (Å²) < 4.78 is 9.75. The molecular formula is C18H22N6O2. The number of imidazole rings is 2. The second-order valence-corrected chi connectivity index (χ2v) is 6.69. The molecule has 0 aliphatic carbocycles. The maximum atomic E-state index is 12.7. The van der Waals surface area contributed by atoms with Crippen molar-refractivity contribution in [2.75, 3.05) is 13.2 Å². The van der Waals surface area contributed by atoms with Crippen LogP contribution in [-0.4, -0.2) is 43.1 Å². The van der Waals surface area contributed by atoms with E-state index in [0.29, 0.717) is 23.3 Å². The summed E-state index contributed by atoms with van der Waals surface area (Å²) in [6.45, 7) is 1.26. The lowest BCUT2D eigenvalue weighted by Crippen LogP contribution is -2.36. The van der Waals surface area contributed by atoms with Gasteiger partial charge in [-0.25, -0.2) is 15.0 Å². The molecule has 1 saturated heterocycles. The number of pyridine rings is 1. The number of ether oxygens (including phenoxy) is 1. The van der Waals surface area contributed by atoms with Crippen molar-refractivity contribution in [2.24, 2.45) is 20.0 Å². The van der Waals surface area contributed by atoms with E-state index in [0.717, 1.165) is 25.3 Å². The monoisotopic (exact) mass is 354 g/mol. The van der Waals surface area contributed by atoms with Crippen molar-refractivity contribution in [3.8, 4) is 0 Å². The zero-order valence-electron chi connectivity index (χ0n) is 14.9. The number of rotatable bonds is 4. The van der Waals surface area contributed by atoms with Gasteiger partial charge in [-0.2, -0.15) is 0 Å². The van der Waals surface area contributed by atoms with E-state index < -0.39 is 0 Å². The van der Waals surface area contributed by atoms with E-state index >= 15 is 0 Å². The standard InChI is InChI=1S/C18H22N6O2/c1-23-8-7-20-17(23)15-12(4-3-9-26-15)10-21-18(25)13-5-6-19-16-14(13)22-11-24(16)2/h5-8,11-12,15H,3-4,9-10H2,1-2H3,(H,21,25)/t12-,15+/m0/s1. The first-order chi connectivity index (χ1) is 12.6. The Bertz CT molecular complexity index is 931. The fourth-order valence-corrected chi connectivity index (χ4v) is 3.52. The Morgan fingerprint density at radius 1 is 1.27 bits per heavy atom. The predicted octanol–water partition coefficient (Wildman–Crippen LogP) is 1.60. The summed E-state index contributed by atoms with van der Waals surface area (Å²) in [4.78, 5) is 25.7. The SMILES string of the molecule is Cn1ccnc1[C@@H]1OCCC[C@H]1CNC(=O)c1ccnc2c1ncn2C. The molecule has 1 aliphatic heterocycles. The largest absolute Gasteiger partial charge is 0.370 e. The van der Waals surface area contributed by atoms with Gasteiger partial charge >= 0.3 is 0 Å². The van der Waals surface area contributed by atoms with Crippen molar-refractivity contribution < 1.29 is 9.53 Å². The maximum Gasteiger partial charge on any atom is 0.253 e. The fraction of sp³-hybridized carbons (Fsp3) is 0.444. The van der Waals surface area contributed by atoms with E-state index in [1.165, 1.54) is 0 Å². The van der Waals surface area contributed by atoms with Crippen LogP contribution in [0.15, 0.2) is 31.0 Å². The maximum absolute atomic E-state index is 12.7. The highest BCUT2D eigenvalue weighted by Gasteiger charge is 2.30. The Kier molecular flexibility index (Phi) is 4.42. The molecule has 1 aliphatic rings. The lowest BCUT2D eigenvalue weighted by molar-refractivity contribution is -0.0337. The van der Waals surface area contributed by atoms with Crippen LogP contribution in [0.2, 0.25) is 0 Å². The molecule has 0 aromatic carbocycles. The Morgan fingerprint density at radius 2 is 2.15 bits per heavy atom. The summed E-state index contributed by atoms with van der Waals surface area (Å²) in [5, 5.41) is 3.05. The topological polar surface area (TPSA) is 86.9 Å². The molecule has 4 heterocycles. The highest BCUT2D eigenvalue weighted by atomic mass is 16.5. The molecule has 136 valence electrons. The Morgan fingerprint density at radius 3 is 2.96 bits per heavy atom. The zero-order valence-corrected chi connectivity index (χ0v) is 14.9. The highest BCUT2D eigenvalue weighted by Crippen LogP contribution is 2.32. The molecule has 26 heavy (non-hydrogen) atoms. The Balaban J connectivity index is 1.50. The number of hydrogen-bond acceptors (Lipinski definition) is 5. The third-order valence-electron chi connectivity index (χ3n) is 4.93. The molecule has 3 aromatic rings. The van der Waals surface area contributed by atoms with Gasteiger partial charge in [0.05, 0.1) is 11.9 Å². The summed E-state index contributed by atoms with van der Waals surface area (Å²) >= 11 is 0. The van der Waals surface area contributed by atoms with Crippen LogP contribution in [-0.2, 0) is 18.8 Å². The molecule has 3 aromatic heterocycles. The van der Waals surface area contributed by atoms with E-state index in [1.807, 2.05) is 24.9 Å². The number of fused-ring (bicyclic) bond motifs is 1. The van der Waals surface area contributed by atoms with Gasteiger partial charge in [-0.15, -0.1) is 0 Å². The smallest absolute Gasteiger partial charge is 0.253 e. The third-order valence-corrected chi connectivity index (χ3v) is 4.93. The molecule has 8 nitrogen and oxygen atoms in total. The number of aromatic nitrogens is 5. The lowest BCUT2D eigenvalue weighted by Gasteiger charge is -2.31. The first-order valence-electron chi connectivity index (χ1n) is 8.78. The van der Waals surface area contributed by atoms with Gasteiger partial charge in [0.2, 0.25) is 0 Å². The number of hydrogen-bond donors (Lipinski definition) is 1. The molecule has 8 heteroatoms. The molecule has 0 bridgehead atoms. The van der Waals surface area contributed by atoms with Gasteiger partial charge in [-0.3, -0.25) is 4.79 Å². The van der Waals surface area contributed by atoms with Gasteiger partial charge < -0.3 is 19.2 Å². The van der Waals surface area contributed by atoms with Crippen LogP contribution < -0.4 is 5.32 Å². The van der Waals surface area contributed by atoms with Crippen molar-refractivity contribution >= 4 is 17.1 Å². The minimum Gasteiger partial charge on any atom is -0.370 e. The minimum atomic E-state index is -0.139. The summed E-state index contributed by atoms with van der Waals surface area (Å²) in [5.41, 5.74) is 1.86. The quantitative estimate of drug-likeness (QED) is 0.769. The van der Waals surface area contributed by atoms with Crippen LogP contribution in [0, 0.1) is 5.92 Å². The number of carbonyl (C=O) groups is 1. The lowest BCUT2D eigenvalue weighted by atomic mass is 9.93. The van der Waals surface area contributed by atoms with Gasteiger partial charge in [-0.05, 0) is 18.9 Å². The van der Waals surface area contributed by atoms with Crippen LogP contribution in [0.1, 0.15) is 35.1 Å². The molecule has 1 fully saturated rings. The highest BCUT2D eigenvalue weighted by molar-refractivity contribution is 6.03. The van der Waals surface area contributed by atoms with Crippen LogP contribution in [0.3, 0.4) is 0 Å². The van der Waals surface area contributed by atoms with E-state index in [1.54, 1.807) is 29.4 Å². The van der Waals surface area contributed by atoms with Crippen LogP contribution >= 0.6 is 0 Å². The summed E-state index contributed by atoms with van der Waals surface area (Å²) in [6.07, 6.45) is 8.88. The van der Waals surface area contributed by atoms with Gasteiger partial charge in [0, 0.05) is 51.8 Å². The minimum absolute atomic E-state index is 0.101. The van der Waals surface area contributed by atoms with E-state index in [-0.39, 0.29) is 17.9 Å². The second-order valence-electron chi connectivity index (χ2n) is 6.69. The Labute approximate surface area is 151 Å². The van der Waals surface area contributed by atoms with Gasteiger partial charge in [0.15, 0.2) is 5.65 Å². The van der Waals surface area contributed by atoms with E-state index in [4.69, 9.17) is 4.74 Å². The average Bonchev–Trinajstić information content (AvgIpc) is 3.26. The number of carbonyl (C=O) groups excluding carboxylic acids is 1. The molecule has 0 radical (unpaired) electrons. The van der Waals surface area contributed by atoms with E-state index in [9.17, 15) is 4.79 Å². The molecule has 1 N–H and O–H groups in total. The molecule has 1 amide bonds. The molecule has 4 rings (SSSR count). The van der Waals surface area contributed by atoms with Crippen molar-refractivity contribution in [3.05, 3.63) is 42.4 Å². The predicted molar refractivity (Wildman–Crippen MR) is 95.5 cm³/mol. The average molecular weight is 354 g/mol. The molecule has 0 spiro atoms. The first-order valence-corrected chi connectivity index (χ1v) is 8.78. The number of nitrogens with zero attached hydrogens (tertiary/aromatic N) is 5. The van der Waals surface area contributed by atoms with Crippen LogP contribution in [0.4, 0.5) is 0 Å². The zero-order chi connectivity index (χ0) is 18.1. The molecule has 2 atom stereocenters. The molecule has 0 saturated carbocycles. The second kappa shape index (κ2) is 6.87. The van der Waals surface area contributed by atoms with Gasteiger partial charge in [0.25, 0.3) is 5.91 Å². The number of aryl methyl sites for hydroxylation is 2. The van der Waals surface area contributed by atoms with Crippen LogP contribution in [0.5, 0.6) is 0 Å². The normalized spacial score (nSPS) is 20.4. The number of nitrogens with one attached hydrogen (secondary N) is 1. The first kappa shape index (κ1) is 16.7. The molecule has 0 unspecified atom stereocenters. The van der Waals surface area contributed by atoms with Crippen molar-refractivity contribution in [2.45, 2.75) is 18.9 Å². The van der Waals surface area contributed by atoms with Gasteiger partial charge in [-0.1, -0.05) is 0 Å². The summed E-state index contributed by atoms with van der Waals surface area (Å²) in [5.74, 6) is 0.954. The van der Waals surface area contributed by atoms with Crippen molar-refractivity contribution in [1.29, 1.82) is 0 Å².